The maximum absolute atomic E-state index is 4.42. The Morgan fingerprint density at radius 1 is 1.12 bits per heavy atom. The molecule has 2 heterocycles. The van der Waals surface area contributed by atoms with Crippen LogP contribution in [0.15, 0.2) is 12.1 Å². The van der Waals surface area contributed by atoms with Crippen LogP contribution in [0.25, 0.3) is 0 Å². The second-order valence-corrected chi connectivity index (χ2v) is 4.56. The molecule has 0 saturated carbocycles. The van der Waals surface area contributed by atoms with Gasteiger partial charge in [0.2, 0.25) is 0 Å². The third-order valence-corrected chi connectivity index (χ3v) is 3.34. The maximum atomic E-state index is 4.42. The first-order valence-corrected chi connectivity index (χ1v) is 5.88. The Kier molecular flexibility index (Phi) is 2.96. The summed E-state index contributed by atoms with van der Waals surface area (Å²) in [6.45, 7) is 9.17. The number of hydrogen-bond donors (Lipinski definition) is 1. The minimum absolute atomic E-state index is 0.807. The Bertz CT molecular complexity index is 514. The van der Waals surface area contributed by atoms with Crippen LogP contribution in [0, 0.1) is 27.7 Å². The molecule has 2 aromatic rings. The summed E-state index contributed by atoms with van der Waals surface area (Å²) in [5.74, 6) is 0. The zero-order valence-electron chi connectivity index (χ0n) is 11.2. The second kappa shape index (κ2) is 4.28. The smallest absolute Gasteiger partial charge is 0.0646 e. The van der Waals surface area contributed by atoms with Gasteiger partial charge >= 0.3 is 0 Å². The highest BCUT2D eigenvalue weighted by Crippen LogP contribution is 2.13. The average molecular weight is 232 g/mol. The molecule has 4 heteroatoms. The van der Waals surface area contributed by atoms with Gasteiger partial charge in [0, 0.05) is 29.7 Å². The van der Waals surface area contributed by atoms with Crippen LogP contribution in [0.2, 0.25) is 0 Å². The lowest BCUT2D eigenvalue weighted by atomic mass is 10.2. The zero-order valence-corrected chi connectivity index (χ0v) is 11.2. The van der Waals surface area contributed by atoms with Crippen molar-refractivity contribution in [2.45, 2.75) is 34.2 Å². The van der Waals surface area contributed by atoms with E-state index < -0.39 is 0 Å². The van der Waals surface area contributed by atoms with Gasteiger partial charge in [-0.15, -0.1) is 0 Å². The van der Waals surface area contributed by atoms with E-state index in [1.807, 2.05) is 11.7 Å². The van der Waals surface area contributed by atoms with E-state index in [4.69, 9.17) is 0 Å². The summed E-state index contributed by atoms with van der Waals surface area (Å²) in [5.41, 5.74) is 9.48. The molecule has 0 aliphatic rings. The lowest BCUT2D eigenvalue weighted by molar-refractivity contribution is 0.728. The van der Waals surface area contributed by atoms with Crippen molar-refractivity contribution in [1.29, 1.82) is 0 Å². The van der Waals surface area contributed by atoms with Crippen LogP contribution in [0.3, 0.4) is 0 Å². The molecule has 0 aliphatic heterocycles. The molecule has 17 heavy (non-hydrogen) atoms. The molecule has 0 unspecified atom stereocenters. The molecule has 0 atom stereocenters. The van der Waals surface area contributed by atoms with Crippen LogP contribution in [0.1, 0.15) is 28.3 Å². The van der Waals surface area contributed by atoms with Gasteiger partial charge in [0.05, 0.1) is 12.2 Å². The standard InChI is InChI=1S/C13H20N4/c1-9-6-7-10(2)17(9)14-8-13-11(3)15-16(5)12(13)4/h6-7,14H,8H2,1-5H3. The average Bonchev–Trinajstić information content (AvgIpc) is 2.70. The third-order valence-electron chi connectivity index (χ3n) is 3.34. The van der Waals surface area contributed by atoms with Crippen molar-refractivity contribution in [2.24, 2.45) is 7.05 Å². The van der Waals surface area contributed by atoms with E-state index in [0.29, 0.717) is 0 Å². The molecule has 0 aromatic carbocycles. The molecule has 0 saturated heterocycles. The number of hydrogen-bond acceptors (Lipinski definition) is 2. The third kappa shape index (κ3) is 2.07. The first-order chi connectivity index (χ1) is 8.00. The molecule has 0 bridgehead atoms. The molecular weight excluding hydrogens is 212 g/mol. The van der Waals surface area contributed by atoms with Gasteiger partial charge in [0.25, 0.3) is 0 Å². The SMILES string of the molecule is Cc1nn(C)c(C)c1CNn1c(C)ccc1C. The quantitative estimate of drug-likeness (QED) is 0.880. The van der Waals surface area contributed by atoms with E-state index in [0.717, 1.165) is 12.2 Å². The van der Waals surface area contributed by atoms with Crippen LogP contribution in [0.5, 0.6) is 0 Å². The molecule has 0 spiro atoms. The fourth-order valence-corrected chi connectivity index (χ4v) is 2.15. The van der Waals surface area contributed by atoms with E-state index in [9.17, 15) is 0 Å². The maximum Gasteiger partial charge on any atom is 0.0646 e. The predicted molar refractivity (Wildman–Crippen MR) is 69.7 cm³/mol. The van der Waals surface area contributed by atoms with Crippen LogP contribution < -0.4 is 5.43 Å². The summed E-state index contributed by atoms with van der Waals surface area (Å²) < 4.78 is 4.05. The normalized spacial score (nSPS) is 10.9. The molecule has 0 fully saturated rings. The monoisotopic (exact) mass is 232 g/mol. The first kappa shape index (κ1) is 11.8. The van der Waals surface area contributed by atoms with Crippen molar-refractivity contribution in [3.05, 3.63) is 40.5 Å². The fourth-order valence-electron chi connectivity index (χ4n) is 2.15. The van der Waals surface area contributed by atoms with E-state index >= 15 is 0 Å². The fraction of sp³-hybridized carbons (Fsp3) is 0.462. The first-order valence-electron chi connectivity index (χ1n) is 5.88. The molecule has 1 N–H and O–H groups in total. The summed E-state index contributed by atoms with van der Waals surface area (Å²) >= 11 is 0. The van der Waals surface area contributed by atoms with Gasteiger partial charge in [-0.1, -0.05) is 0 Å². The molecule has 0 aliphatic carbocycles. The molecular formula is C13H20N4. The topological polar surface area (TPSA) is 34.8 Å². The van der Waals surface area contributed by atoms with E-state index in [2.05, 4.69) is 55.0 Å². The Labute approximate surface area is 102 Å². The van der Waals surface area contributed by atoms with Gasteiger partial charge in [-0.05, 0) is 39.8 Å². The van der Waals surface area contributed by atoms with Gasteiger partial charge in [0.1, 0.15) is 0 Å². The number of aryl methyl sites for hydroxylation is 4. The highest BCUT2D eigenvalue weighted by atomic mass is 15.4. The van der Waals surface area contributed by atoms with E-state index in [1.165, 1.54) is 22.6 Å². The Balaban J connectivity index is 2.18. The number of rotatable bonds is 3. The minimum Gasteiger partial charge on any atom is -0.321 e. The van der Waals surface area contributed by atoms with Gasteiger partial charge < -0.3 is 5.43 Å². The Hall–Kier alpha value is -1.71. The second-order valence-electron chi connectivity index (χ2n) is 4.56. The molecule has 2 rings (SSSR count). The molecule has 0 amide bonds. The molecule has 2 aromatic heterocycles. The molecule has 4 nitrogen and oxygen atoms in total. The molecule has 0 radical (unpaired) electrons. The lowest BCUT2D eigenvalue weighted by Gasteiger charge is -2.12. The summed E-state index contributed by atoms with van der Waals surface area (Å²) in [4.78, 5) is 0. The number of nitrogens with zero attached hydrogens (tertiary/aromatic N) is 3. The van der Waals surface area contributed by atoms with Crippen LogP contribution in [-0.4, -0.2) is 14.5 Å². The number of aromatic nitrogens is 3. The summed E-state index contributed by atoms with van der Waals surface area (Å²) in [7, 11) is 1.98. The van der Waals surface area contributed by atoms with Crippen molar-refractivity contribution in [3.8, 4) is 0 Å². The Morgan fingerprint density at radius 3 is 2.18 bits per heavy atom. The highest BCUT2D eigenvalue weighted by Gasteiger charge is 2.09. The van der Waals surface area contributed by atoms with Crippen molar-refractivity contribution < 1.29 is 0 Å². The zero-order chi connectivity index (χ0) is 12.6. The van der Waals surface area contributed by atoms with Gasteiger partial charge in [-0.25, -0.2) is 0 Å². The minimum atomic E-state index is 0.807. The van der Waals surface area contributed by atoms with E-state index in [-0.39, 0.29) is 0 Å². The van der Waals surface area contributed by atoms with Gasteiger partial charge in [0.15, 0.2) is 0 Å². The van der Waals surface area contributed by atoms with Crippen LogP contribution in [0.4, 0.5) is 0 Å². The van der Waals surface area contributed by atoms with Crippen molar-refractivity contribution in [3.63, 3.8) is 0 Å². The summed E-state index contributed by atoms with van der Waals surface area (Å²) in [5, 5.41) is 4.42. The number of nitrogens with one attached hydrogen (secondary N) is 1. The van der Waals surface area contributed by atoms with Crippen molar-refractivity contribution >= 4 is 0 Å². The van der Waals surface area contributed by atoms with Crippen molar-refractivity contribution in [2.75, 3.05) is 5.43 Å². The largest absolute Gasteiger partial charge is 0.321 e. The van der Waals surface area contributed by atoms with E-state index in [1.54, 1.807) is 0 Å². The summed E-state index contributed by atoms with van der Waals surface area (Å²) in [6, 6.07) is 4.23. The van der Waals surface area contributed by atoms with Crippen LogP contribution in [-0.2, 0) is 13.6 Å². The van der Waals surface area contributed by atoms with Gasteiger partial charge in [-0.3, -0.25) is 9.36 Å². The predicted octanol–water partition coefficient (Wildman–Crippen LogP) is 2.20. The van der Waals surface area contributed by atoms with Crippen molar-refractivity contribution in [1.82, 2.24) is 14.5 Å². The lowest BCUT2D eigenvalue weighted by Crippen LogP contribution is -2.17. The summed E-state index contributed by atoms with van der Waals surface area (Å²) in [6.07, 6.45) is 0. The molecule has 92 valence electrons. The van der Waals surface area contributed by atoms with Gasteiger partial charge in [-0.2, -0.15) is 5.10 Å². The Morgan fingerprint density at radius 2 is 1.71 bits per heavy atom. The highest BCUT2D eigenvalue weighted by molar-refractivity contribution is 5.26. The van der Waals surface area contributed by atoms with Crippen LogP contribution >= 0.6 is 0 Å².